The Hall–Kier alpha value is -2.66. The fourth-order valence-corrected chi connectivity index (χ4v) is 2.97. The second kappa shape index (κ2) is 6.69. The maximum Gasteiger partial charge on any atom is 0.261 e. The molecule has 3 rings (SSSR count). The van der Waals surface area contributed by atoms with Gasteiger partial charge in [0.05, 0.1) is 11.2 Å². The molecule has 1 heterocycles. The molecule has 0 saturated carbocycles. The van der Waals surface area contributed by atoms with Gasteiger partial charge in [0.15, 0.2) is 0 Å². The van der Waals surface area contributed by atoms with E-state index in [0.717, 1.165) is 5.56 Å². The van der Waals surface area contributed by atoms with Crippen molar-refractivity contribution in [3.63, 3.8) is 0 Å². The fraction of sp³-hybridized carbons (Fsp3) is 0.158. The van der Waals surface area contributed by atoms with Crippen molar-refractivity contribution in [2.24, 2.45) is 0 Å². The highest BCUT2D eigenvalue weighted by molar-refractivity contribution is 6.32. The van der Waals surface area contributed by atoms with Crippen molar-refractivity contribution < 1.29 is 9.18 Å². The number of para-hydroxylation sites is 1. The molecule has 6 heteroatoms. The van der Waals surface area contributed by atoms with Crippen LogP contribution < -0.4 is 10.7 Å². The summed E-state index contributed by atoms with van der Waals surface area (Å²) in [4.78, 5) is 25.3. The zero-order chi connectivity index (χ0) is 18.1. The van der Waals surface area contributed by atoms with E-state index in [-0.39, 0.29) is 11.3 Å². The first-order chi connectivity index (χ1) is 11.9. The number of carbonyl (C=O) groups excluding carboxylic acids is 1. The molecule has 0 saturated heterocycles. The Morgan fingerprint density at radius 1 is 1.24 bits per heavy atom. The molecule has 0 bridgehead atoms. The van der Waals surface area contributed by atoms with Crippen LogP contribution >= 0.6 is 11.6 Å². The first-order valence-corrected chi connectivity index (χ1v) is 8.20. The van der Waals surface area contributed by atoms with Gasteiger partial charge in [-0.05, 0) is 43.7 Å². The standard InChI is InChI=1S/C19H16ClFN2O2/c1-3-23-10-13(19(25)22-16-7-5-4-6-15(16)21)18(24)12-8-9-14(20)11(2)17(12)23/h4-10H,3H2,1-2H3,(H,22,25). The Morgan fingerprint density at radius 2 is 1.96 bits per heavy atom. The van der Waals surface area contributed by atoms with Crippen LogP contribution in [-0.2, 0) is 6.54 Å². The monoisotopic (exact) mass is 358 g/mol. The van der Waals surface area contributed by atoms with Gasteiger partial charge in [0.2, 0.25) is 5.43 Å². The summed E-state index contributed by atoms with van der Waals surface area (Å²) in [7, 11) is 0. The molecule has 0 unspecified atom stereocenters. The lowest BCUT2D eigenvalue weighted by Crippen LogP contribution is -2.24. The number of aryl methyl sites for hydroxylation is 2. The number of aromatic nitrogens is 1. The number of nitrogens with zero attached hydrogens (tertiary/aromatic N) is 1. The van der Waals surface area contributed by atoms with E-state index < -0.39 is 17.2 Å². The highest BCUT2D eigenvalue weighted by Crippen LogP contribution is 2.24. The van der Waals surface area contributed by atoms with E-state index in [0.29, 0.717) is 22.5 Å². The van der Waals surface area contributed by atoms with Gasteiger partial charge in [0, 0.05) is 23.2 Å². The lowest BCUT2D eigenvalue weighted by molar-refractivity contribution is 0.102. The fourth-order valence-electron chi connectivity index (χ4n) is 2.82. The van der Waals surface area contributed by atoms with Crippen LogP contribution in [0.4, 0.5) is 10.1 Å². The van der Waals surface area contributed by atoms with E-state index in [1.54, 1.807) is 22.8 Å². The smallest absolute Gasteiger partial charge is 0.261 e. The third-order valence-electron chi connectivity index (χ3n) is 4.13. The molecule has 128 valence electrons. The summed E-state index contributed by atoms with van der Waals surface area (Å²) in [6, 6.07) is 9.06. The molecule has 0 aliphatic heterocycles. The van der Waals surface area contributed by atoms with Gasteiger partial charge in [-0.1, -0.05) is 23.7 Å². The molecule has 0 aliphatic rings. The third-order valence-corrected chi connectivity index (χ3v) is 4.54. The van der Waals surface area contributed by atoms with E-state index in [9.17, 15) is 14.0 Å². The van der Waals surface area contributed by atoms with Crippen LogP contribution in [0.15, 0.2) is 47.4 Å². The molecule has 25 heavy (non-hydrogen) atoms. The minimum atomic E-state index is -0.646. The highest BCUT2D eigenvalue weighted by atomic mass is 35.5. The normalized spacial score (nSPS) is 10.9. The van der Waals surface area contributed by atoms with Gasteiger partial charge in [0.1, 0.15) is 11.4 Å². The number of amides is 1. The average molecular weight is 359 g/mol. The summed E-state index contributed by atoms with van der Waals surface area (Å²) in [5.74, 6) is -1.21. The molecule has 1 amide bonds. The van der Waals surface area contributed by atoms with Gasteiger partial charge in [0.25, 0.3) is 5.91 Å². The van der Waals surface area contributed by atoms with Crippen LogP contribution in [0.1, 0.15) is 22.8 Å². The van der Waals surface area contributed by atoms with Crippen molar-refractivity contribution in [3.8, 4) is 0 Å². The zero-order valence-electron chi connectivity index (χ0n) is 13.8. The number of benzene rings is 2. The molecule has 1 N–H and O–H groups in total. The van der Waals surface area contributed by atoms with Gasteiger partial charge >= 0.3 is 0 Å². The molecule has 0 aliphatic carbocycles. The molecule has 4 nitrogen and oxygen atoms in total. The molecular weight excluding hydrogens is 343 g/mol. The second-order valence-corrected chi connectivity index (χ2v) is 6.07. The Morgan fingerprint density at radius 3 is 2.64 bits per heavy atom. The van der Waals surface area contributed by atoms with E-state index in [1.807, 2.05) is 13.8 Å². The van der Waals surface area contributed by atoms with Crippen LogP contribution in [0.25, 0.3) is 10.9 Å². The Bertz CT molecular complexity index is 1040. The molecule has 0 spiro atoms. The molecule has 1 aromatic heterocycles. The molecule has 0 radical (unpaired) electrons. The average Bonchev–Trinajstić information content (AvgIpc) is 2.60. The van der Waals surface area contributed by atoms with Crippen LogP contribution in [-0.4, -0.2) is 10.5 Å². The Labute approximate surface area is 148 Å². The molecule has 2 aromatic carbocycles. The largest absolute Gasteiger partial charge is 0.346 e. The van der Waals surface area contributed by atoms with Gasteiger partial charge in [-0.15, -0.1) is 0 Å². The maximum absolute atomic E-state index is 13.7. The number of nitrogens with one attached hydrogen (secondary N) is 1. The summed E-state index contributed by atoms with van der Waals surface area (Å²) in [5.41, 5.74) is 1.05. The summed E-state index contributed by atoms with van der Waals surface area (Å²) in [6.07, 6.45) is 1.49. The summed E-state index contributed by atoms with van der Waals surface area (Å²) in [6.45, 7) is 4.29. The summed E-state index contributed by atoms with van der Waals surface area (Å²) >= 11 is 6.16. The topological polar surface area (TPSA) is 51.1 Å². The number of anilines is 1. The number of fused-ring (bicyclic) bond motifs is 1. The van der Waals surface area contributed by atoms with E-state index in [1.165, 1.54) is 24.4 Å². The minimum Gasteiger partial charge on any atom is -0.346 e. The van der Waals surface area contributed by atoms with Crippen LogP contribution in [0.5, 0.6) is 0 Å². The second-order valence-electron chi connectivity index (χ2n) is 5.66. The quantitative estimate of drug-likeness (QED) is 0.755. The minimum absolute atomic E-state index is 0.0299. The molecule has 0 fully saturated rings. The van der Waals surface area contributed by atoms with Crippen LogP contribution in [0.2, 0.25) is 5.02 Å². The first kappa shape index (κ1) is 17.2. The maximum atomic E-state index is 13.7. The van der Waals surface area contributed by atoms with Gasteiger partial charge in [-0.2, -0.15) is 0 Å². The van der Waals surface area contributed by atoms with Crippen molar-refractivity contribution in [3.05, 3.63) is 74.8 Å². The van der Waals surface area contributed by atoms with Crippen molar-refractivity contribution in [1.82, 2.24) is 4.57 Å². The van der Waals surface area contributed by atoms with Gasteiger partial charge < -0.3 is 9.88 Å². The van der Waals surface area contributed by atoms with E-state index in [2.05, 4.69) is 5.32 Å². The van der Waals surface area contributed by atoms with Crippen molar-refractivity contribution in [1.29, 1.82) is 0 Å². The number of pyridine rings is 1. The van der Waals surface area contributed by atoms with Crippen LogP contribution in [0, 0.1) is 12.7 Å². The van der Waals surface area contributed by atoms with E-state index in [4.69, 9.17) is 11.6 Å². The number of hydrogen-bond donors (Lipinski definition) is 1. The molecule has 3 aromatic rings. The van der Waals surface area contributed by atoms with Crippen molar-refractivity contribution in [2.75, 3.05) is 5.32 Å². The van der Waals surface area contributed by atoms with Gasteiger partial charge in [-0.25, -0.2) is 4.39 Å². The highest BCUT2D eigenvalue weighted by Gasteiger charge is 2.18. The zero-order valence-corrected chi connectivity index (χ0v) is 14.5. The third kappa shape index (κ3) is 3.03. The van der Waals surface area contributed by atoms with Crippen LogP contribution in [0.3, 0.4) is 0 Å². The lowest BCUT2D eigenvalue weighted by Gasteiger charge is -2.14. The lowest BCUT2D eigenvalue weighted by atomic mass is 10.1. The predicted octanol–water partition coefficient (Wildman–Crippen LogP) is 4.37. The predicted molar refractivity (Wildman–Crippen MR) is 98.0 cm³/mol. The number of carbonyl (C=O) groups is 1. The number of halogens is 2. The molecule has 0 atom stereocenters. The first-order valence-electron chi connectivity index (χ1n) is 7.82. The summed E-state index contributed by atoms with van der Waals surface area (Å²) in [5, 5.41) is 3.42. The molecular formula is C19H16ClFN2O2. The van der Waals surface area contributed by atoms with Crippen molar-refractivity contribution in [2.45, 2.75) is 20.4 Å². The van der Waals surface area contributed by atoms with Gasteiger partial charge in [-0.3, -0.25) is 9.59 Å². The Balaban J connectivity index is 2.16. The summed E-state index contributed by atoms with van der Waals surface area (Å²) < 4.78 is 15.5. The number of hydrogen-bond acceptors (Lipinski definition) is 2. The van der Waals surface area contributed by atoms with E-state index >= 15 is 0 Å². The van der Waals surface area contributed by atoms with Crippen molar-refractivity contribution >= 4 is 34.1 Å². The number of rotatable bonds is 3. The Kier molecular flexibility index (Phi) is 4.59. The SMILES string of the molecule is CCn1cc(C(=O)Nc2ccccc2F)c(=O)c2ccc(Cl)c(C)c21.